The summed E-state index contributed by atoms with van der Waals surface area (Å²) in [6, 6.07) is 18.9. The summed E-state index contributed by atoms with van der Waals surface area (Å²) in [6.45, 7) is 2.85. The molecule has 132 valence electrons. The molecule has 4 nitrogen and oxygen atoms in total. The third-order valence-corrected chi connectivity index (χ3v) is 4.05. The molecule has 26 heavy (non-hydrogen) atoms. The summed E-state index contributed by atoms with van der Waals surface area (Å²) in [5, 5.41) is 0.875. The highest BCUT2D eigenvalue weighted by Crippen LogP contribution is 2.19. The fourth-order valence-corrected chi connectivity index (χ4v) is 2.79. The predicted octanol–water partition coefficient (Wildman–Crippen LogP) is 3.70. The Hall–Kier alpha value is -3.03. The number of rotatable bonds is 8. The number of benzene rings is 2. The SMILES string of the molecule is C#CCN(CCCOc1ccc2ccc(=O)oc2c1)Cc1ccccc1. The Labute approximate surface area is 153 Å². The van der Waals surface area contributed by atoms with E-state index in [-0.39, 0.29) is 5.63 Å². The average molecular weight is 347 g/mol. The number of hydrogen-bond acceptors (Lipinski definition) is 4. The van der Waals surface area contributed by atoms with Crippen molar-refractivity contribution in [3.63, 3.8) is 0 Å². The molecule has 0 saturated carbocycles. The molecule has 0 saturated heterocycles. The lowest BCUT2D eigenvalue weighted by Crippen LogP contribution is -2.26. The fraction of sp³-hybridized carbons (Fsp3) is 0.227. The minimum Gasteiger partial charge on any atom is -0.493 e. The third-order valence-electron chi connectivity index (χ3n) is 4.05. The molecule has 2 aromatic carbocycles. The number of nitrogens with zero attached hydrogens (tertiary/aromatic N) is 1. The van der Waals surface area contributed by atoms with Crippen molar-refractivity contribution in [1.82, 2.24) is 4.90 Å². The number of terminal acetylenes is 1. The molecule has 1 heterocycles. The Kier molecular flexibility index (Phi) is 6.08. The van der Waals surface area contributed by atoms with Crippen LogP contribution in [-0.2, 0) is 6.54 Å². The van der Waals surface area contributed by atoms with Crippen LogP contribution in [0.2, 0.25) is 0 Å². The van der Waals surface area contributed by atoms with Crippen LogP contribution >= 0.6 is 0 Å². The van der Waals surface area contributed by atoms with E-state index >= 15 is 0 Å². The maximum absolute atomic E-state index is 11.3. The number of ether oxygens (including phenoxy) is 1. The second-order valence-electron chi connectivity index (χ2n) is 6.06. The summed E-state index contributed by atoms with van der Waals surface area (Å²) < 4.78 is 11.0. The molecule has 0 atom stereocenters. The van der Waals surface area contributed by atoms with E-state index in [9.17, 15) is 4.79 Å². The molecule has 0 N–H and O–H groups in total. The summed E-state index contributed by atoms with van der Waals surface area (Å²) in [4.78, 5) is 13.5. The van der Waals surface area contributed by atoms with Gasteiger partial charge in [0.05, 0.1) is 13.2 Å². The maximum atomic E-state index is 11.3. The van der Waals surface area contributed by atoms with Crippen LogP contribution in [0.1, 0.15) is 12.0 Å². The van der Waals surface area contributed by atoms with E-state index in [1.165, 1.54) is 11.6 Å². The first-order valence-corrected chi connectivity index (χ1v) is 8.61. The lowest BCUT2D eigenvalue weighted by atomic mass is 10.2. The molecule has 4 heteroatoms. The van der Waals surface area contributed by atoms with Crippen molar-refractivity contribution in [3.8, 4) is 18.1 Å². The third kappa shape index (κ3) is 4.98. The van der Waals surface area contributed by atoms with Crippen LogP contribution in [0.4, 0.5) is 0 Å². The number of fused-ring (bicyclic) bond motifs is 1. The Bertz CT molecular complexity index is 941. The normalized spacial score (nSPS) is 10.8. The lowest BCUT2D eigenvalue weighted by molar-refractivity contribution is 0.246. The monoisotopic (exact) mass is 347 g/mol. The van der Waals surface area contributed by atoms with Gasteiger partial charge in [0.15, 0.2) is 0 Å². The van der Waals surface area contributed by atoms with Crippen LogP contribution in [0, 0.1) is 12.3 Å². The van der Waals surface area contributed by atoms with E-state index in [1.54, 1.807) is 12.1 Å². The van der Waals surface area contributed by atoms with Crippen molar-refractivity contribution in [1.29, 1.82) is 0 Å². The highest BCUT2D eigenvalue weighted by atomic mass is 16.5. The summed E-state index contributed by atoms with van der Waals surface area (Å²) in [6.07, 6.45) is 6.34. The topological polar surface area (TPSA) is 42.7 Å². The lowest BCUT2D eigenvalue weighted by Gasteiger charge is -2.20. The van der Waals surface area contributed by atoms with Gasteiger partial charge in [0.1, 0.15) is 11.3 Å². The second kappa shape index (κ2) is 8.89. The summed E-state index contributed by atoms with van der Waals surface area (Å²) in [5.41, 5.74) is 1.42. The Morgan fingerprint density at radius 2 is 1.88 bits per heavy atom. The fourth-order valence-electron chi connectivity index (χ4n) is 2.79. The minimum absolute atomic E-state index is 0.361. The summed E-state index contributed by atoms with van der Waals surface area (Å²) >= 11 is 0. The van der Waals surface area contributed by atoms with Gasteiger partial charge < -0.3 is 9.15 Å². The highest BCUT2D eigenvalue weighted by molar-refractivity contribution is 5.77. The van der Waals surface area contributed by atoms with E-state index in [1.807, 2.05) is 30.3 Å². The molecule has 0 aliphatic carbocycles. The highest BCUT2D eigenvalue weighted by Gasteiger charge is 2.05. The van der Waals surface area contributed by atoms with E-state index in [0.29, 0.717) is 24.5 Å². The standard InChI is InChI=1S/C22H21NO3/c1-2-13-23(17-18-7-4-3-5-8-18)14-6-15-25-20-11-9-19-10-12-22(24)26-21(19)16-20/h1,3-5,7-12,16H,6,13-15,17H2. The van der Waals surface area contributed by atoms with Crippen LogP contribution in [0.15, 0.2) is 69.9 Å². The Balaban J connectivity index is 1.52. The van der Waals surface area contributed by atoms with Gasteiger partial charge in [-0.3, -0.25) is 4.90 Å². The largest absolute Gasteiger partial charge is 0.493 e. The van der Waals surface area contributed by atoms with Crippen LogP contribution in [0.25, 0.3) is 11.0 Å². The predicted molar refractivity (Wildman–Crippen MR) is 103 cm³/mol. The summed E-state index contributed by atoms with van der Waals surface area (Å²) in [5.74, 6) is 3.41. The second-order valence-corrected chi connectivity index (χ2v) is 6.06. The van der Waals surface area contributed by atoms with Gasteiger partial charge in [0, 0.05) is 30.6 Å². The van der Waals surface area contributed by atoms with E-state index in [2.05, 4.69) is 23.0 Å². The first-order chi connectivity index (χ1) is 12.7. The first-order valence-electron chi connectivity index (χ1n) is 8.61. The van der Waals surface area contributed by atoms with Gasteiger partial charge in [-0.15, -0.1) is 6.42 Å². The van der Waals surface area contributed by atoms with E-state index < -0.39 is 0 Å². The average Bonchev–Trinajstić information content (AvgIpc) is 2.66. The van der Waals surface area contributed by atoms with Crippen molar-refractivity contribution < 1.29 is 9.15 Å². The Morgan fingerprint density at radius 1 is 1.08 bits per heavy atom. The van der Waals surface area contributed by atoms with Gasteiger partial charge in [0.2, 0.25) is 0 Å². The molecule has 3 aromatic rings. The zero-order chi connectivity index (χ0) is 18.2. The smallest absolute Gasteiger partial charge is 0.336 e. The molecule has 0 aliphatic heterocycles. The van der Waals surface area contributed by atoms with Gasteiger partial charge in [-0.1, -0.05) is 36.3 Å². The molecule has 1 aromatic heterocycles. The summed E-state index contributed by atoms with van der Waals surface area (Å²) in [7, 11) is 0. The molecule has 3 rings (SSSR count). The number of hydrogen-bond donors (Lipinski definition) is 0. The van der Waals surface area contributed by atoms with Crippen molar-refractivity contribution in [2.75, 3.05) is 19.7 Å². The van der Waals surface area contributed by atoms with Crippen LogP contribution < -0.4 is 10.4 Å². The van der Waals surface area contributed by atoms with Crippen molar-refractivity contribution in [2.24, 2.45) is 0 Å². The molecule has 0 bridgehead atoms. The zero-order valence-corrected chi connectivity index (χ0v) is 14.6. The van der Waals surface area contributed by atoms with Crippen molar-refractivity contribution in [3.05, 3.63) is 76.6 Å². The van der Waals surface area contributed by atoms with E-state index in [0.717, 1.165) is 24.9 Å². The van der Waals surface area contributed by atoms with Gasteiger partial charge in [-0.25, -0.2) is 4.79 Å². The van der Waals surface area contributed by atoms with Gasteiger partial charge in [-0.05, 0) is 30.2 Å². The quantitative estimate of drug-likeness (QED) is 0.354. The van der Waals surface area contributed by atoms with E-state index in [4.69, 9.17) is 15.6 Å². The van der Waals surface area contributed by atoms with Crippen LogP contribution in [-0.4, -0.2) is 24.6 Å². The minimum atomic E-state index is -0.361. The zero-order valence-electron chi connectivity index (χ0n) is 14.6. The Morgan fingerprint density at radius 3 is 2.69 bits per heavy atom. The maximum Gasteiger partial charge on any atom is 0.336 e. The molecular weight excluding hydrogens is 326 g/mol. The molecule has 0 amide bonds. The molecule has 0 radical (unpaired) electrons. The van der Waals surface area contributed by atoms with Crippen molar-refractivity contribution >= 4 is 11.0 Å². The van der Waals surface area contributed by atoms with Gasteiger partial charge in [0.25, 0.3) is 0 Å². The van der Waals surface area contributed by atoms with Gasteiger partial charge in [-0.2, -0.15) is 0 Å². The molecule has 0 fully saturated rings. The first kappa shape index (κ1) is 17.8. The molecule has 0 aliphatic rings. The van der Waals surface area contributed by atoms with Gasteiger partial charge >= 0.3 is 5.63 Å². The van der Waals surface area contributed by atoms with Crippen LogP contribution in [0.5, 0.6) is 5.75 Å². The van der Waals surface area contributed by atoms with Crippen LogP contribution in [0.3, 0.4) is 0 Å². The molecule has 0 unspecified atom stereocenters. The molecule has 0 spiro atoms. The molecular formula is C22H21NO3. The van der Waals surface area contributed by atoms with Crippen molar-refractivity contribution in [2.45, 2.75) is 13.0 Å².